The maximum Gasteiger partial charge on any atom is 0.338 e. The Labute approximate surface area is 118 Å². The number of carbonyl (C=O) groups is 2. The summed E-state index contributed by atoms with van der Waals surface area (Å²) < 4.78 is 14.7. The number of nitrogens with one attached hydrogen (secondary N) is 1. The average molecular weight is 293 g/mol. The minimum Gasteiger partial charge on any atom is -0.478 e. The molecule has 1 aromatic carbocycles. The van der Waals surface area contributed by atoms with Crippen LogP contribution in [0.1, 0.15) is 16.1 Å². The third kappa shape index (κ3) is 3.60. The monoisotopic (exact) mass is 293 g/mol. The van der Waals surface area contributed by atoms with Crippen molar-refractivity contribution < 1.29 is 19.1 Å². The van der Waals surface area contributed by atoms with E-state index in [0.29, 0.717) is 5.69 Å². The second-order valence-corrected chi connectivity index (χ2v) is 4.16. The first-order chi connectivity index (χ1) is 9.99. The minimum atomic E-state index is -1.37. The van der Waals surface area contributed by atoms with E-state index in [1.165, 1.54) is 16.9 Å². The van der Waals surface area contributed by atoms with Crippen molar-refractivity contribution >= 4 is 17.6 Å². The number of hydrogen-bond acceptors (Lipinski definition) is 5. The van der Waals surface area contributed by atoms with E-state index in [-0.39, 0.29) is 18.8 Å². The van der Waals surface area contributed by atoms with Gasteiger partial charge in [-0.15, -0.1) is 5.10 Å². The molecule has 110 valence electrons. The Hall–Kier alpha value is -2.81. The van der Waals surface area contributed by atoms with Crippen LogP contribution in [0.3, 0.4) is 0 Å². The predicted molar refractivity (Wildman–Crippen MR) is 69.9 cm³/mol. The zero-order chi connectivity index (χ0) is 15.4. The molecule has 9 heteroatoms. The molecule has 4 N–H and O–H groups in total. The van der Waals surface area contributed by atoms with Gasteiger partial charge in [-0.3, -0.25) is 4.79 Å². The number of aromatic nitrogens is 3. The van der Waals surface area contributed by atoms with E-state index in [4.69, 9.17) is 10.8 Å². The molecule has 0 aliphatic heterocycles. The SMILES string of the molecule is NCc1cn(CC(=O)Nc2ccc(C(=O)O)c(F)c2)nn1. The lowest BCUT2D eigenvalue weighted by molar-refractivity contribution is -0.116. The van der Waals surface area contributed by atoms with Crippen LogP contribution in [0.15, 0.2) is 24.4 Å². The molecule has 0 bridgehead atoms. The molecule has 21 heavy (non-hydrogen) atoms. The van der Waals surface area contributed by atoms with Crippen molar-refractivity contribution in [1.82, 2.24) is 15.0 Å². The van der Waals surface area contributed by atoms with Crippen molar-refractivity contribution in [3.05, 3.63) is 41.5 Å². The minimum absolute atomic E-state index is 0.116. The van der Waals surface area contributed by atoms with Crippen molar-refractivity contribution in [2.24, 2.45) is 5.73 Å². The maximum absolute atomic E-state index is 13.5. The third-order valence-corrected chi connectivity index (χ3v) is 2.58. The van der Waals surface area contributed by atoms with Gasteiger partial charge in [0.15, 0.2) is 0 Å². The molecule has 0 fully saturated rings. The number of amides is 1. The van der Waals surface area contributed by atoms with E-state index >= 15 is 0 Å². The van der Waals surface area contributed by atoms with Crippen LogP contribution in [0, 0.1) is 5.82 Å². The molecule has 0 radical (unpaired) electrons. The third-order valence-electron chi connectivity index (χ3n) is 2.58. The summed E-state index contributed by atoms with van der Waals surface area (Å²) in [6.07, 6.45) is 1.52. The fraction of sp³-hybridized carbons (Fsp3) is 0.167. The number of carbonyl (C=O) groups excluding carboxylic acids is 1. The Balaban J connectivity index is 2.02. The summed E-state index contributed by atoms with van der Waals surface area (Å²) in [5.74, 6) is -2.75. The van der Waals surface area contributed by atoms with Crippen molar-refractivity contribution in [2.45, 2.75) is 13.1 Å². The molecule has 0 saturated heterocycles. The van der Waals surface area contributed by atoms with Gasteiger partial charge >= 0.3 is 5.97 Å². The van der Waals surface area contributed by atoms with E-state index in [9.17, 15) is 14.0 Å². The molecule has 8 nitrogen and oxygen atoms in total. The van der Waals surface area contributed by atoms with Crippen LogP contribution < -0.4 is 11.1 Å². The summed E-state index contributed by atoms with van der Waals surface area (Å²) in [7, 11) is 0. The average Bonchev–Trinajstić information content (AvgIpc) is 2.85. The lowest BCUT2D eigenvalue weighted by Gasteiger charge is -2.06. The van der Waals surface area contributed by atoms with Crippen molar-refractivity contribution in [2.75, 3.05) is 5.32 Å². The molecule has 1 amide bonds. The second kappa shape index (κ2) is 6.09. The fourth-order valence-corrected chi connectivity index (χ4v) is 1.62. The number of halogens is 1. The smallest absolute Gasteiger partial charge is 0.338 e. The highest BCUT2D eigenvalue weighted by atomic mass is 19.1. The molecular formula is C12H12FN5O3. The number of rotatable bonds is 5. The zero-order valence-electron chi connectivity index (χ0n) is 10.8. The van der Waals surface area contributed by atoms with Crippen LogP contribution in [0.2, 0.25) is 0 Å². The molecule has 0 aliphatic carbocycles. The topological polar surface area (TPSA) is 123 Å². The van der Waals surface area contributed by atoms with Gasteiger partial charge in [-0.2, -0.15) is 0 Å². The lowest BCUT2D eigenvalue weighted by atomic mass is 10.2. The molecule has 0 atom stereocenters. The van der Waals surface area contributed by atoms with Gasteiger partial charge in [-0.1, -0.05) is 5.21 Å². The summed E-state index contributed by atoms with van der Waals surface area (Å²) in [6.45, 7) is 0.0960. The number of anilines is 1. The summed E-state index contributed by atoms with van der Waals surface area (Å²) >= 11 is 0. The molecule has 0 spiro atoms. The lowest BCUT2D eigenvalue weighted by Crippen LogP contribution is -2.19. The van der Waals surface area contributed by atoms with Gasteiger partial charge < -0.3 is 16.2 Å². The van der Waals surface area contributed by atoms with Gasteiger partial charge in [0.05, 0.1) is 17.5 Å². The van der Waals surface area contributed by atoms with E-state index in [1.54, 1.807) is 0 Å². The molecule has 2 rings (SSSR count). The number of carboxylic acid groups (broad SMARTS) is 1. The number of benzene rings is 1. The Bertz CT molecular complexity index is 685. The number of nitrogens with two attached hydrogens (primary N) is 1. The number of carboxylic acids is 1. The van der Waals surface area contributed by atoms with Crippen LogP contribution in [-0.4, -0.2) is 32.0 Å². The first kappa shape index (κ1) is 14.6. The van der Waals surface area contributed by atoms with E-state index < -0.39 is 23.3 Å². The van der Waals surface area contributed by atoms with Gasteiger partial charge in [0.25, 0.3) is 0 Å². The van der Waals surface area contributed by atoms with Crippen LogP contribution in [0.25, 0.3) is 0 Å². The highest BCUT2D eigenvalue weighted by Gasteiger charge is 2.12. The zero-order valence-corrected chi connectivity index (χ0v) is 10.8. The number of aromatic carboxylic acids is 1. The summed E-state index contributed by atoms with van der Waals surface area (Å²) in [6, 6.07) is 3.32. The maximum atomic E-state index is 13.5. The first-order valence-electron chi connectivity index (χ1n) is 5.91. The molecule has 0 unspecified atom stereocenters. The number of nitrogens with zero attached hydrogens (tertiary/aromatic N) is 3. The molecule has 1 aromatic heterocycles. The molecular weight excluding hydrogens is 281 g/mol. The summed E-state index contributed by atoms with van der Waals surface area (Å²) in [5.41, 5.74) is 5.60. The van der Waals surface area contributed by atoms with Crippen molar-refractivity contribution in [3.63, 3.8) is 0 Å². The summed E-state index contributed by atoms with van der Waals surface area (Å²) in [5, 5.41) is 18.6. The number of hydrogen-bond donors (Lipinski definition) is 3. The highest BCUT2D eigenvalue weighted by Crippen LogP contribution is 2.14. The van der Waals surface area contributed by atoms with Gasteiger partial charge in [-0.25, -0.2) is 13.9 Å². The van der Waals surface area contributed by atoms with Crippen LogP contribution in [0.4, 0.5) is 10.1 Å². The van der Waals surface area contributed by atoms with Crippen molar-refractivity contribution in [1.29, 1.82) is 0 Å². The quantitative estimate of drug-likeness (QED) is 0.724. The molecule has 2 aromatic rings. The van der Waals surface area contributed by atoms with Crippen LogP contribution in [0.5, 0.6) is 0 Å². The molecule has 1 heterocycles. The largest absolute Gasteiger partial charge is 0.478 e. The van der Waals surface area contributed by atoms with Crippen LogP contribution >= 0.6 is 0 Å². The summed E-state index contributed by atoms with van der Waals surface area (Å²) in [4.78, 5) is 22.4. The van der Waals surface area contributed by atoms with E-state index in [1.807, 2.05) is 0 Å². The normalized spacial score (nSPS) is 10.4. The fourth-order valence-electron chi connectivity index (χ4n) is 1.62. The molecule has 0 saturated carbocycles. The predicted octanol–water partition coefficient (Wildman–Crippen LogP) is 0.213. The first-order valence-corrected chi connectivity index (χ1v) is 5.91. The standard InChI is InChI=1S/C12H12FN5O3/c13-10-3-7(1-2-9(10)12(20)21)15-11(19)6-18-5-8(4-14)16-17-18/h1-3,5H,4,6,14H2,(H,15,19)(H,20,21). The van der Waals surface area contributed by atoms with Gasteiger partial charge in [0, 0.05) is 12.2 Å². The Morgan fingerprint density at radius 1 is 1.43 bits per heavy atom. The van der Waals surface area contributed by atoms with Crippen LogP contribution in [-0.2, 0) is 17.9 Å². The van der Waals surface area contributed by atoms with Crippen molar-refractivity contribution in [3.8, 4) is 0 Å². The van der Waals surface area contributed by atoms with E-state index in [2.05, 4.69) is 15.6 Å². The second-order valence-electron chi connectivity index (χ2n) is 4.16. The highest BCUT2D eigenvalue weighted by molar-refractivity contribution is 5.92. The Morgan fingerprint density at radius 2 is 2.19 bits per heavy atom. The molecule has 0 aliphatic rings. The van der Waals surface area contributed by atoms with E-state index in [0.717, 1.165) is 12.1 Å². The Morgan fingerprint density at radius 3 is 2.76 bits per heavy atom. The van der Waals surface area contributed by atoms with Gasteiger partial charge in [0.2, 0.25) is 5.91 Å². The van der Waals surface area contributed by atoms with Gasteiger partial charge in [-0.05, 0) is 18.2 Å². The Kier molecular flexibility index (Phi) is 4.24. The van der Waals surface area contributed by atoms with Gasteiger partial charge in [0.1, 0.15) is 12.4 Å².